The second-order valence-electron chi connectivity index (χ2n) is 11.3. The Labute approximate surface area is 201 Å². The van der Waals surface area contributed by atoms with Gasteiger partial charge in [0.25, 0.3) is 0 Å². The van der Waals surface area contributed by atoms with Gasteiger partial charge in [0.1, 0.15) is 11.9 Å². The van der Waals surface area contributed by atoms with Gasteiger partial charge in [-0.3, -0.25) is 0 Å². The Morgan fingerprint density at radius 3 is 2.62 bits per heavy atom. The summed E-state index contributed by atoms with van der Waals surface area (Å²) in [5.74, 6) is 1.29. The lowest BCUT2D eigenvalue weighted by atomic mass is 9.44. The second-order valence-corrected chi connectivity index (χ2v) is 11.3. The molecule has 1 aromatic carbocycles. The molecule has 3 aliphatic carbocycles. The van der Waals surface area contributed by atoms with Crippen LogP contribution in [0.5, 0.6) is 5.75 Å². The van der Waals surface area contributed by atoms with E-state index in [1.165, 1.54) is 11.1 Å². The van der Waals surface area contributed by atoms with Crippen molar-refractivity contribution in [2.45, 2.75) is 102 Å². The third-order valence-electron chi connectivity index (χ3n) is 9.54. The average Bonchev–Trinajstić information content (AvgIpc) is 3.09. The third kappa shape index (κ3) is 4.41. The van der Waals surface area contributed by atoms with Gasteiger partial charge in [-0.1, -0.05) is 44.7 Å². The number of hydrogen-bond donors (Lipinski definition) is 3. The van der Waals surface area contributed by atoms with E-state index in [2.05, 4.69) is 25.6 Å². The number of halogens is 3. The van der Waals surface area contributed by atoms with Crippen LogP contribution in [-0.4, -0.2) is 33.7 Å². The van der Waals surface area contributed by atoms with Crippen LogP contribution in [-0.2, 0) is 6.42 Å². The molecule has 0 heterocycles. The van der Waals surface area contributed by atoms with Gasteiger partial charge < -0.3 is 15.3 Å². The molecule has 7 atom stereocenters. The van der Waals surface area contributed by atoms with Crippen molar-refractivity contribution in [1.82, 2.24) is 0 Å². The molecule has 0 radical (unpaired) electrons. The number of alkyl halides is 3. The molecule has 6 heteroatoms. The van der Waals surface area contributed by atoms with Crippen molar-refractivity contribution in [2.75, 3.05) is 0 Å². The van der Waals surface area contributed by atoms with Gasteiger partial charge in [0.05, 0.1) is 6.10 Å². The second kappa shape index (κ2) is 9.50. The minimum absolute atomic E-state index is 0.0874. The van der Waals surface area contributed by atoms with E-state index >= 15 is 0 Å². The molecule has 0 aromatic heterocycles. The van der Waals surface area contributed by atoms with Gasteiger partial charge in [-0.05, 0) is 96.8 Å². The zero-order valence-electron chi connectivity index (χ0n) is 20.2. The number of unbranched alkanes of at least 4 members (excludes halogenated alkanes) is 3. The summed E-state index contributed by atoms with van der Waals surface area (Å²) < 4.78 is 37.6. The molecular weight excluding hydrogens is 441 g/mol. The minimum atomic E-state index is -4.53. The number of benzene rings is 1. The maximum Gasteiger partial charge on any atom is 0.414 e. The highest BCUT2D eigenvalue weighted by Gasteiger charge is 2.63. The standard InChI is InChI=1S/C28H39F3O3/c1-3-27-15-14-18-16-20(32)10-11-21(18)25(27)19(17-26(2)22(27)12-13-23(26)33)8-6-4-5-7-9-24(34)28(29,30)31/h3,10-11,16,19,22-25,32-34H,1,4-9,12-15,17H2,2H3/t19-,22+,23-,24?,25+,26-,27-/m0/s1. The first-order valence-electron chi connectivity index (χ1n) is 12.9. The van der Waals surface area contributed by atoms with Gasteiger partial charge in [-0.25, -0.2) is 0 Å². The van der Waals surface area contributed by atoms with Gasteiger partial charge in [0.15, 0.2) is 0 Å². The van der Waals surface area contributed by atoms with Gasteiger partial charge in [-0.2, -0.15) is 13.2 Å². The predicted molar refractivity (Wildman–Crippen MR) is 127 cm³/mol. The highest BCUT2D eigenvalue weighted by atomic mass is 19.4. The van der Waals surface area contributed by atoms with E-state index < -0.39 is 12.3 Å². The van der Waals surface area contributed by atoms with E-state index in [-0.39, 0.29) is 29.3 Å². The highest BCUT2D eigenvalue weighted by Crippen LogP contribution is 2.69. The highest BCUT2D eigenvalue weighted by molar-refractivity contribution is 5.43. The van der Waals surface area contributed by atoms with E-state index in [0.29, 0.717) is 30.4 Å². The number of rotatable bonds is 8. The van der Waals surface area contributed by atoms with Crippen molar-refractivity contribution in [1.29, 1.82) is 0 Å². The minimum Gasteiger partial charge on any atom is -0.508 e. The lowest BCUT2D eigenvalue weighted by Gasteiger charge is -2.60. The molecule has 2 saturated carbocycles. The lowest BCUT2D eigenvalue weighted by molar-refractivity contribution is -0.205. The van der Waals surface area contributed by atoms with E-state index in [1.807, 2.05) is 6.07 Å². The van der Waals surface area contributed by atoms with Crippen molar-refractivity contribution in [2.24, 2.45) is 22.7 Å². The molecule has 0 saturated heterocycles. The molecule has 0 spiro atoms. The molecule has 1 aromatic rings. The van der Waals surface area contributed by atoms with E-state index in [0.717, 1.165) is 51.4 Å². The van der Waals surface area contributed by atoms with Crippen molar-refractivity contribution in [3.63, 3.8) is 0 Å². The third-order valence-corrected chi connectivity index (χ3v) is 9.54. The van der Waals surface area contributed by atoms with Crippen molar-refractivity contribution in [3.8, 4) is 5.75 Å². The quantitative estimate of drug-likeness (QED) is 0.288. The Kier molecular flexibility index (Phi) is 7.14. The van der Waals surface area contributed by atoms with Crippen LogP contribution in [0.15, 0.2) is 30.9 Å². The summed E-state index contributed by atoms with van der Waals surface area (Å²) in [5.41, 5.74) is 2.26. The predicted octanol–water partition coefficient (Wildman–Crippen LogP) is 6.66. The van der Waals surface area contributed by atoms with Crippen molar-refractivity contribution < 1.29 is 28.5 Å². The Morgan fingerprint density at radius 1 is 1.18 bits per heavy atom. The average molecular weight is 481 g/mol. The molecule has 3 aliphatic rings. The van der Waals surface area contributed by atoms with Gasteiger partial charge >= 0.3 is 6.18 Å². The SMILES string of the molecule is C=C[C@@]12CCc3cc(O)ccc3[C@H]1[C@@H](CCCCCCC(O)C(F)(F)F)C[C@@]1(C)[C@H]2CC[C@@H]1O. The molecule has 0 bridgehead atoms. The molecule has 2 fully saturated rings. The van der Waals surface area contributed by atoms with Crippen LogP contribution in [0.1, 0.15) is 88.2 Å². The van der Waals surface area contributed by atoms with Gasteiger partial charge in [0, 0.05) is 0 Å². The Morgan fingerprint density at radius 2 is 1.91 bits per heavy atom. The fourth-order valence-corrected chi connectivity index (χ4v) is 7.95. The number of fused-ring (bicyclic) bond motifs is 5. The van der Waals surface area contributed by atoms with Crippen LogP contribution in [0.25, 0.3) is 0 Å². The molecule has 34 heavy (non-hydrogen) atoms. The Balaban J connectivity index is 1.51. The molecule has 3 nitrogen and oxygen atoms in total. The summed E-state index contributed by atoms with van der Waals surface area (Å²) in [5, 5.41) is 30.3. The zero-order valence-corrected chi connectivity index (χ0v) is 20.2. The Bertz CT molecular complexity index is 884. The first-order valence-corrected chi connectivity index (χ1v) is 12.9. The van der Waals surface area contributed by atoms with Crippen LogP contribution < -0.4 is 0 Å². The number of phenolic OH excluding ortho intramolecular Hbond substituents is 1. The zero-order chi connectivity index (χ0) is 24.7. The Hall–Kier alpha value is -1.53. The summed E-state index contributed by atoms with van der Waals surface area (Å²) in [6, 6.07) is 5.74. The number of aliphatic hydroxyl groups excluding tert-OH is 2. The van der Waals surface area contributed by atoms with E-state index in [9.17, 15) is 28.5 Å². The normalized spacial score (nSPS) is 35.8. The smallest absolute Gasteiger partial charge is 0.414 e. The largest absolute Gasteiger partial charge is 0.508 e. The van der Waals surface area contributed by atoms with Crippen LogP contribution in [0.2, 0.25) is 0 Å². The molecular formula is C28H39F3O3. The van der Waals surface area contributed by atoms with Crippen LogP contribution in [0.4, 0.5) is 13.2 Å². The molecule has 3 N–H and O–H groups in total. The summed E-state index contributed by atoms with van der Waals surface area (Å²) >= 11 is 0. The number of allylic oxidation sites excluding steroid dienone is 1. The van der Waals surface area contributed by atoms with Gasteiger partial charge in [-0.15, -0.1) is 6.58 Å². The number of aryl methyl sites for hydroxylation is 1. The van der Waals surface area contributed by atoms with Crippen LogP contribution >= 0.6 is 0 Å². The summed E-state index contributed by atoms with van der Waals surface area (Å²) in [6.45, 7) is 6.56. The topological polar surface area (TPSA) is 60.7 Å². The van der Waals surface area contributed by atoms with Crippen LogP contribution in [0, 0.1) is 22.7 Å². The number of phenols is 1. The lowest BCUT2D eigenvalue weighted by Crippen LogP contribution is -2.54. The van der Waals surface area contributed by atoms with E-state index in [1.54, 1.807) is 6.07 Å². The van der Waals surface area contributed by atoms with Crippen molar-refractivity contribution in [3.05, 3.63) is 42.0 Å². The first kappa shape index (κ1) is 25.6. The number of hydrogen-bond acceptors (Lipinski definition) is 3. The summed E-state index contributed by atoms with van der Waals surface area (Å²) in [7, 11) is 0. The van der Waals surface area contributed by atoms with Gasteiger partial charge in [0.2, 0.25) is 0 Å². The fraction of sp³-hybridized carbons (Fsp3) is 0.714. The number of aromatic hydroxyl groups is 1. The van der Waals surface area contributed by atoms with E-state index in [4.69, 9.17) is 0 Å². The van der Waals surface area contributed by atoms with Crippen molar-refractivity contribution >= 4 is 0 Å². The molecule has 0 amide bonds. The molecule has 0 aliphatic heterocycles. The van der Waals surface area contributed by atoms with Crippen LogP contribution in [0.3, 0.4) is 0 Å². The fourth-order valence-electron chi connectivity index (χ4n) is 7.95. The molecule has 190 valence electrons. The monoisotopic (exact) mass is 480 g/mol. The first-order chi connectivity index (χ1) is 16.0. The summed E-state index contributed by atoms with van der Waals surface area (Å²) in [6.07, 6.45) is 3.21. The summed E-state index contributed by atoms with van der Waals surface area (Å²) in [4.78, 5) is 0. The maximum atomic E-state index is 12.5. The number of aliphatic hydroxyl groups is 2. The molecule has 4 rings (SSSR count). The molecule has 1 unspecified atom stereocenters. The maximum absolute atomic E-state index is 12.5.